The molecular formula is C15H16NOPtS-. The molecule has 0 fully saturated rings. The fraction of sp³-hybridized carbons (Fsp3) is 0.267. The molecule has 1 heterocycles. The molecule has 0 unspecified atom stereocenters. The fourth-order valence-corrected chi connectivity index (χ4v) is 2.44. The van der Waals surface area contributed by atoms with Gasteiger partial charge in [0.2, 0.25) is 0 Å². The first-order valence-electron chi connectivity index (χ1n) is 5.89. The monoisotopic (exact) mass is 453 g/mol. The van der Waals surface area contributed by atoms with Crippen LogP contribution in [0.3, 0.4) is 0 Å². The second-order valence-corrected chi connectivity index (χ2v) is 5.23. The Hall–Kier alpha value is -0.762. The van der Waals surface area contributed by atoms with E-state index in [0.717, 1.165) is 16.2 Å². The Morgan fingerprint density at radius 2 is 1.79 bits per heavy atom. The molecule has 4 heteroatoms. The maximum Gasteiger partial charge on any atom is 0.0853 e. The second kappa shape index (κ2) is 6.60. The van der Waals surface area contributed by atoms with Crippen molar-refractivity contribution in [3.63, 3.8) is 0 Å². The van der Waals surface area contributed by atoms with Gasteiger partial charge in [0.25, 0.3) is 0 Å². The number of pyridine rings is 1. The van der Waals surface area contributed by atoms with Gasteiger partial charge in [0.05, 0.1) is 18.0 Å². The topological polar surface area (TPSA) is 33.1 Å². The molecule has 0 radical (unpaired) electrons. The third kappa shape index (κ3) is 3.41. The molecule has 0 aliphatic rings. The van der Waals surface area contributed by atoms with E-state index in [1.54, 1.807) is 0 Å². The fourth-order valence-electron chi connectivity index (χ4n) is 2.04. The second-order valence-electron chi connectivity index (χ2n) is 4.79. The van der Waals surface area contributed by atoms with Gasteiger partial charge in [0, 0.05) is 26.5 Å². The minimum atomic E-state index is -0.260. The van der Waals surface area contributed by atoms with E-state index in [1.807, 2.05) is 42.5 Å². The Bertz CT molecular complexity index is 557. The van der Waals surface area contributed by atoms with Gasteiger partial charge in [0.15, 0.2) is 0 Å². The van der Waals surface area contributed by atoms with Gasteiger partial charge in [0.1, 0.15) is 0 Å². The summed E-state index contributed by atoms with van der Waals surface area (Å²) in [7, 11) is 0. The van der Waals surface area contributed by atoms with Crippen LogP contribution in [0.15, 0.2) is 47.4 Å². The van der Waals surface area contributed by atoms with Crippen LogP contribution in [0, 0.1) is 0 Å². The summed E-state index contributed by atoms with van der Waals surface area (Å²) < 4.78 is 0. The van der Waals surface area contributed by atoms with Crippen molar-refractivity contribution in [2.75, 3.05) is 0 Å². The minimum absolute atomic E-state index is 0. The van der Waals surface area contributed by atoms with Gasteiger partial charge >= 0.3 is 0 Å². The average molecular weight is 453 g/mol. The number of aliphatic hydroxyl groups excluding tert-OH is 1. The van der Waals surface area contributed by atoms with Crippen LogP contribution >= 0.6 is 0 Å². The molecule has 2 rings (SSSR count). The van der Waals surface area contributed by atoms with Crippen LogP contribution in [0.1, 0.15) is 30.8 Å². The summed E-state index contributed by atoms with van der Waals surface area (Å²) >= 11 is 5.38. The number of aliphatic hydroxyl groups is 1. The van der Waals surface area contributed by atoms with Gasteiger partial charge in [-0.1, -0.05) is 49.7 Å². The molecule has 0 atom stereocenters. The first kappa shape index (κ1) is 16.3. The van der Waals surface area contributed by atoms with Gasteiger partial charge in [-0.2, -0.15) is 4.90 Å². The number of nitrogens with zero attached hydrogens (tertiary/aromatic N) is 1. The molecule has 0 spiro atoms. The van der Waals surface area contributed by atoms with E-state index in [-0.39, 0.29) is 33.1 Å². The summed E-state index contributed by atoms with van der Waals surface area (Å²) in [5.41, 5.74) is 2.43. The van der Waals surface area contributed by atoms with Crippen molar-refractivity contribution in [3.05, 3.63) is 59.4 Å². The largest absolute Gasteiger partial charge is 0.779 e. The van der Waals surface area contributed by atoms with Gasteiger partial charge in [-0.05, 0) is 12.1 Å². The van der Waals surface area contributed by atoms with Crippen LogP contribution in [0.2, 0.25) is 0 Å². The number of aromatic nitrogens is 1. The summed E-state index contributed by atoms with van der Waals surface area (Å²) in [6, 6.07) is 13.6. The van der Waals surface area contributed by atoms with Crippen LogP contribution in [0.5, 0.6) is 0 Å². The molecular weight excluding hydrogens is 437 g/mol. The van der Waals surface area contributed by atoms with Crippen LogP contribution in [0.25, 0.3) is 0 Å². The minimum Gasteiger partial charge on any atom is -0.779 e. The van der Waals surface area contributed by atoms with E-state index in [4.69, 9.17) is 17.7 Å². The normalized spacial score (nSPS) is 10.9. The van der Waals surface area contributed by atoms with Crippen molar-refractivity contribution in [2.45, 2.75) is 30.8 Å². The maximum atomic E-state index is 9.17. The molecule has 19 heavy (non-hydrogen) atoms. The van der Waals surface area contributed by atoms with Crippen LogP contribution in [0.4, 0.5) is 0 Å². The standard InChI is InChI=1S/C15H17NOS.Pt/c1-15(2,12-7-3-4-8-13(12)18)14-9-5-6-11(10-17)16-14;/h3-9,17-18H,10H2,1-2H3;/p-1. The molecule has 0 aliphatic heterocycles. The SMILES string of the molecule is CC(C)(c1cccc(CO)n1)c1ccccc1[S-].[Pt]. The van der Waals surface area contributed by atoms with E-state index in [0.29, 0.717) is 5.69 Å². The van der Waals surface area contributed by atoms with Crippen molar-refractivity contribution in [2.24, 2.45) is 0 Å². The predicted octanol–water partition coefficient (Wildman–Crippen LogP) is 2.80. The Morgan fingerprint density at radius 1 is 1.11 bits per heavy atom. The van der Waals surface area contributed by atoms with Crippen molar-refractivity contribution in [3.8, 4) is 0 Å². The molecule has 0 saturated heterocycles. The Labute approximate surface area is 134 Å². The smallest absolute Gasteiger partial charge is 0.0853 e. The van der Waals surface area contributed by atoms with Crippen molar-refractivity contribution < 1.29 is 26.2 Å². The van der Waals surface area contributed by atoms with E-state index in [9.17, 15) is 0 Å². The molecule has 0 saturated carbocycles. The summed E-state index contributed by atoms with van der Waals surface area (Å²) in [6.07, 6.45) is 0. The zero-order valence-electron chi connectivity index (χ0n) is 10.9. The number of hydrogen-bond acceptors (Lipinski definition) is 3. The number of rotatable bonds is 3. The summed E-state index contributed by atoms with van der Waals surface area (Å²) in [4.78, 5) is 5.33. The molecule has 1 aromatic heterocycles. The molecule has 0 aliphatic carbocycles. The van der Waals surface area contributed by atoms with E-state index >= 15 is 0 Å². The summed E-state index contributed by atoms with van der Waals surface area (Å²) in [6.45, 7) is 4.16. The maximum absolute atomic E-state index is 9.17. The number of benzene rings is 1. The third-order valence-corrected chi connectivity index (χ3v) is 3.53. The molecule has 104 valence electrons. The zero-order valence-corrected chi connectivity index (χ0v) is 14.0. The zero-order chi connectivity index (χ0) is 13.2. The van der Waals surface area contributed by atoms with Crippen molar-refractivity contribution >= 4 is 12.6 Å². The molecule has 2 nitrogen and oxygen atoms in total. The molecule has 1 N–H and O–H groups in total. The quantitative estimate of drug-likeness (QED) is 0.726. The van der Waals surface area contributed by atoms with Crippen LogP contribution in [-0.4, -0.2) is 10.1 Å². The van der Waals surface area contributed by atoms with Crippen molar-refractivity contribution in [1.29, 1.82) is 0 Å². The van der Waals surface area contributed by atoms with Gasteiger partial charge in [-0.3, -0.25) is 4.98 Å². The molecule has 0 amide bonds. The van der Waals surface area contributed by atoms with E-state index in [1.165, 1.54) is 0 Å². The predicted molar refractivity (Wildman–Crippen MR) is 74.4 cm³/mol. The Kier molecular flexibility index (Phi) is 5.66. The van der Waals surface area contributed by atoms with Gasteiger partial charge in [-0.25, -0.2) is 0 Å². The first-order valence-corrected chi connectivity index (χ1v) is 6.30. The van der Waals surface area contributed by atoms with E-state index in [2.05, 4.69) is 18.8 Å². The van der Waals surface area contributed by atoms with Gasteiger partial charge < -0.3 is 17.7 Å². The molecule has 0 bridgehead atoms. The van der Waals surface area contributed by atoms with Crippen molar-refractivity contribution in [1.82, 2.24) is 4.98 Å². The van der Waals surface area contributed by atoms with E-state index < -0.39 is 0 Å². The summed E-state index contributed by atoms with van der Waals surface area (Å²) in [5, 5.41) is 9.17. The Morgan fingerprint density at radius 3 is 2.42 bits per heavy atom. The molecule has 2 aromatic rings. The van der Waals surface area contributed by atoms with Gasteiger partial charge in [-0.15, -0.1) is 0 Å². The first-order chi connectivity index (χ1) is 8.55. The average Bonchev–Trinajstić information content (AvgIpc) is 2.39. The number of hydrogen-bond donors (Lipinski definition) is 1. The molecule has 1 aromatic carbocycles. The third-order valence-electron chi connectivity index (χ3n) is 3.17. The Balaban J connectivity index is 0.00000180. The van der Waals surface area contributed by atoms with Crippen LogP contribution < -0.4 is 0 Å². The summed E-state index contributed by atoms with van der Waals surface area (Å²) in [5.74, 6) is 0. The van der Waals surface area contributed by atoms with Crippen LogP contribution in [-0.2, 0) is 45.7 Å².